The van der Waals surface area contributed by atoms with Crippen molar-refractivity contribution in [2.45, 2.75) is 38.6 Å². The molecule has 9 heteroatoms. The van der Waals surface area contributed by atoms with Gasteiger partial charge in [-0.15, -0.1) is 0 Å². The smallest absolute Gasteiger partial charge is 0.321 e. The van der Waals surface area contributed by atoms with Crippen molar-refractivity contribution in [2.24, 2.45) is 13.0 Å². The standard InChI is InChI=1S/C16H24N6O3/c1-10(2)14-19-15(25-21-14)13(11-5-8-24-9-6-11)18-16(23)17-12-4-7-22(3)20-12/h4,7,10-11,13H,5-6,8-9H2,1-3H3,(H2,17,18,20,23). The van der Waals surface area contributed by atoms with Crippen molar-refractivity contribution in [1.82, 2.24) is 25.2 Å². The number of urea groups is 1. The Hall–Kier alpha value is -2.42. The quantitative estimate of drug-likeness (QED) is 0.858. The minimum Gasteiger partial charge on any atom is -0.381 e. The Morgan fingerprint density at radius 1 is 1.36 bits per heavy atom. The third-order valence-corrected chi connectivity index (χ3v) is 4.22. The van der Waals surface area contributed by atoms with Crippen LogP contribution < -0.4 is 10.6 Å². The molecule has 1 saturated heterocycles. The normalized spacial score (nSPS) is 16.8. The Morgan fingerprint density at radius 2 is 2.12 bits per heavy atom. The van der Waals surface area contributed by atoms with Gasteiger partial charge < -0.3 is 14.6 Å². The minimum atomic E-state index is -0.354. The number of nitrogens with zero attached hydrogens (tertiary/aromatic N) is 4. The first kappa shape index (κ1) is 17.4. The van der Waals surface area contributed by atoms with E-state index >= 15 is 0 Å². The Balaban J connectivity index is 1.74. The van der Waals surface area contributed by atoms with Crippen molar-refractivity contribution < 1.29 is 14.1 Å². The Labute approximate surface area is 146 Å². The number of hydrogen-bond acceptors (Lipinski definition) is 6. The summed E-state index contributed by atoms with van der Waals surface area (Å²) in [6.07, 6.45) is 3.42. The molecule has 25 heavy (non-hydrogen) atoms. The van der Waals surface area contributed by atoms with Crippen molar-refractivity contribution in [3.63, 3.8) is 0 Å². The second-order valence-corrected chi connectivity index (χ2v) is 6.55. The summed E-state index contributed by atoms with van der Waals surface area (Å²) in [4.78, 5) is 16.9. The van der Waals surface area contributed by atoms with E-state index < -0.39 is 0 Å². The summed E-state index contributed by atoms with van der Waals surface area (Å²) in [6, 6.07) is 1.03. The van der Waals surface area contributed by atoms with Crippen molar-refractivity contribution in [1.29, 1.82) is 0 Å². The second-order valence-electron chi connectivity index (χ2n) is 6.55. The highest BCUT2D eigenvalue weighted by molar-refractivity contribution is 5.88. The predicted octanol–water partition coefficient (Wildman–Crippen LogP) is 2.22. The van der Waals surface area contributed by atoms with Crippen LogP contribution in [0.2, 0.25) is 0 Å². The van der Waals surface area contributed by atoms with Crippen molar-refractivity contribution in [3.05, 3.63) is 24.0 Å². The van der Waals surface area contributed by atoms with E-state index in [-0.39, 0.29) is 23.9 Å². The van der Waals surface area contributed by atoms with Crippen LogP contribution in [0.5, 0.6) is 0 Å². The van der Waals surface area contributed by atoms with Crippen LogP contribution in [0.1, 0.15) is 50.4 Å². The van der Waals surface area contributed by atoms with Crippen LogP contribution in [-0.2, 0) is 11.8 Å². The third-order valence-electron chi connectivity index (χ3n) is 4.22. The van der Waals surface area contributed by atoms with Gasteiger partial charge in [-0.3, -0.25) is 10.00 Å². The van der Waals surface area contributed by atoms with E-state index in [1.807, 2.05) is 13.8 Å². The van der Waals surface area contributed by atoms with Gasteiger partial charge in [0.25, 0.3) is 0 Å². The number of carbonyl (C=O) groups is 1. The monoisotopic (exact) mass is 348 g/mol. The van der Waals surface area contributed by atoms with Crippen molar-refractivity contribution in [2.75, 3.05) is 18.5 Å². The summed E-state index contributed by atoms with van der Waals surface area (Å²) in [6.45, 7) is 5.32. The lowest BCUT2D eigenvalue weighted by atomic mass is 9.91. The molecule has 0 saturated carbocycles. The fourth-order valence-corrected chi connectivity index (χ4v) is 2.81. The predicted molar refractivity (Wildman–Crippen MR) is 90.0 cm³/mol. The fourth-order valence-electron chi connectivity index (χ4n) is 2.81. The molecule has 0 bridgehead atoms. The highest BCUT2D eigenvalue weighted by atomic mass is 16.5. The van der Waals surface area contributed by atoms with Gasteiger partial charge in [0.05, 0.1) is 0 Å². The van der Waals surface area contributed by atoms with E-state index in [1.54, 1.807) is 24.0 Å². The first-order valence-corrected chi connectivity index (χ1v) is 8.51. The second kappa shape index (κ2) is 7.64. The van der Waals surface area contributed by atoms with E-state index in [0.717, 1.165) is 12.8 Å². The minimum absolute atomic E-state index is 0.162. The van der Waals surface area contributed by atoms with E-state index in [9.17, 15) is 4.79 Å². The summed E-state index contributed by atoms with van der Waals surface area (Å²) in [5.41, 5.74) is 0. The van der Waals surface area contributed by atoms with E-state index in [0.29, 0.717) is 30.7 Å². The molecular weight excluding hydrogens is 324 g/mol. The van der Waals surface area contributed by atoms with Gasteiger partial charge in [0, 0.05) is 38.4 Å². The zero-order valence-corrected chi connectivity index (χ0v) is 14.7. The van der Waals surface area contributed by atoms with Gasteiger partial charge in [0.15, 0.2) is 11.6 Å². The number of ether oxygens (including phenoxy) is 1. The molecule has 136 valence electrons. The van der Waals surface area contributed by atoms with Gasteiger partial charge in [0.2, 0.25) is 5.89 Å². The summed E-state index contributed by atoms with van der Waals surface area (Å²) >= 11 is 0. The van der Waals surface area contributed by atoms with Crippen LogP contribution in [0, 0.1) is 5.92 Å². The molecule has 0 spiro atoms. The molecule has 1 unspecified atom stereocenters. The number of hydrogen-bond donors (Lipinski definition) is 2. The maximum absolute atomic E-state index is 12.4. The maximum Gasteiger partial charge on any atom is 0.321 e. The number of carbonyl (C=O) groups excluding carboxylic acids is 1. The average molecular weight is 348 g/mol. The zero-order chi connectivity index (χ0) is 17.8. The Morgan fingerprint density at radius 3 is 2.72 bits per heavy atom. The maximum atomic E-state index is 12.4. The van der Waals surface area contributed by atoms with Crippen LogP contribution in [0.4, 0.5) is 10.6 Å². The summed E-state index contributed by atoms with van der Waals surface area (Å²) in [7, 11) is 1.79. The molecule has 1 aliphatic heterocycles. The van der Waals surface area contributed by atoms with E-state index in [1.165, 1.54) is 0 Å². The van der Waals surface area contributed by atoms with Crippen LogP contribution in [0.15, 0.2) is 16.8 Å². The van der Waals surface area contributed by atoms with Gasteiger partial charge in [-0.2, -0.15) is 10.1 Å². The molecule has 1 atom stereocenters. The lowest BCUT2D eigenvalue weighted by Crippen LogP contribution is -2.38. The van der Waals surface area contributed by atoms with Gasteiger partial charge in [-0.05, 0) is 18.8 Å². The number of nitrogens with one attached hydrogen (secondary N) is 2. The van der Waals surface area contributed by atoms with Crippen LogP contribution in [0.3, 0.4) is 0 Å². The van der Waals surface area contributed by atoms with Gasteiger partial charge in [0.1, 0.15) is 6.04 Å². The van der Waals surface area contributed by atoms with Crippen LogP contribution in [0.25, 0.3) is 0 Å². The van der Waals surface area contributed by atoms with Crippen LogP contribution in [-0.4, -0.2) is 39.2 Å². The Kier molecular flexibility index (Phi) is 5.32. The fraction of sp³-hybridized carbons (Fsp3) is 0.625. The largest absolute Gasteiger partial charge is 0.381 e. The molecular formula is C16H24N6O3. The SMILES string of the molecule is CC(C)c1noc(C(NC(=O)Nc2ccn(C)n2)C2CCOCC2)n1. The van der Waals surface area contributed by atoms with Gasteiger partial charge in [-0.1, -0.05) is 19.0 Å². The molecule has 9 nitrogen and oxygen atoms in total. The highest BCUT2D eigenvalue weighted by Gasteiger charge is 2.31. The molecule has 0 aliphatic carbocycles. The lowest BCUT2D eigenvalue weighted by Gasteiger charge is -2.28. The molecule has 0 aromatic carbocycles. The first-order valence-electron chi connectivity index (χ1n) is 8.51. The number of anilines is 1. The highest BCUT2D eigenvalue weighted by Crippen LogP contribution is 2.30. The Bertz CT molecular complexity index is 704. The number of aryl methyl sites for hydroxylation is 1. The number of aromatic nitrogens is 4. The molecule has 2 aromatic rings. The summed E-state index contributed by atoms with van der Waals surface area (Å²) in [5.74, 6) is 1.91. The molecule has 0 radical (unpaired) electrons. The molecule has 3 heterocycles. The number of rotatable bonds is 5. The molecule has 2 N–H and O–H groups in total. The number of amides is 2. The van der Waals surface area contributed by atoms with Gasteiger partial charge in [-0.25, -0.2) is 4.79 Å². The molecule has 1 fully saturated rings. The van der Waals surface area contributed by atoms with E-state index in [4.69, 9.17) is 9.26 Å². The van der Waals surface area contributed by atoms with Crippen molar-refractivity contribution in [3.8, 4) is 0 Å². The molecule has 2 aromatic heterocycles. The average Bonchev–Trinajstić information content (AvgIpc) is 3.23. The van der Waals surface area contributed by atoms with Crippen molar-refractivity contribution >= 4 is 11.8 Å². The van der Waals surface area contributed by atoms with E-state index in [2.05, 4.69) is 25.9 Å². The first-order chi connectivity index (χ1) is 12.0. The molecule has 1 aliphatic rings. The van der Waals surface area contributed by atoms with Gasteiger partial charge >= 0.3 is 6.03 Å². The summed E-state index contributed by atoms with van der Waals surface area (Å²) in [5, 5.41) is 13.9. The molecule has 2 amide bonds. The molecule has 3 rings (SSSR count). The summed E-state index contributed by atoms with van der Waals surface area (Å²) < 4.78 is 12.5. The zero-order valence-electron chi connectivity index (χ0n) is 14.7. The topological polar surface area (TPSA) is 107 Å². The third kappa shape index (κ3) is 4.36. The van der Waals surface area contributed by atoms with Crippen LogP contribution >= 0.6 is 0 Å². The lowest BCUT2D eigenvalue weighted by molar-refractivity contribution is 0.0506.